The minimum atomic E-state index is -4.05. The SMILES string of the molecule is O=C(O)c1cccc(S(=O)(=O)Nc2ccc3c(c2)C(=O)NC3=O)c1. The zero-order chi connectivity index (χ0) is 17.5. The van der Waals surface area contributed by atoms with Crippen LogP contribution in [0.4, 0.5) is 5.69 Å². The lowest BCUT2D eigenvalue weighted by atomic mass is 10.1. The van der Waals surface area contributed by atoms with Crippen LogP contribution in [0.15, 0.2) is 47.4 Å². The smallest absolute Gasteiger partial charge is 0.335 e. The molecule has 0 radical (unpaired) electrons. The molecule has 0 saturated carbocycles. The first-order valence-electron chi connectivity index (χ1n) is 6.64. The van der Waals surface area contributed by atoms with Crippen LogP contribution in [0.1, 0.15) is 31.1 Å². The molecule has 1 heterocycles. The summed E-state index contributed by atoms with van der Waals surface area (Å²) in [4.78, 5) is 33.8. The number of benzene rings is 2. The van der Waals surface area contributed by atoms with E-state index < -0.39 is 27.8 Å². The number of fused-ring (bicyclic) bond motifs is 1. The minimum Gasteiger partial charge on any atom is -0.478 e. The molecule has 2 aromatic carbocycles. The Bertz CT molecular complexity index is 997. The molecule has 2 amide bonds. The predicted octanol–water partition coefficient (Wildman–Crippen LogP) is 1.07. The fourth-order valence-corrected chi connectivity index (χ4v) is 3.34. The first-order chi connectivity index (χ1) is 11.3. The molecule has 0 aliphatic carbocycles. The summed E-state index contributed by atoms with van der Waals surface area (Å²) in [7, 11) is -4.05. The van der Waals surface area contributed by atoms with E-state index >= 15 is 0 Å². The first-order valence-corrected chi connectivity index (χ1v) is 8.12. The molecule has 0 unspecified atom stereocenters. The Kier molecular flexibility index (Phi) is 3.57. The Morgan fingerprint density at radius 1 is 1.00 bits per heavy atom. The van der Waals surface area contributed by atoms with Crippen LogP contribution in [0, 0.1) is 0 Å². The molecule has 9 heteroatoms. The Labute approximate surface area is 136 Å². The Morgan fingerprint density at radius 2 is 1.71 bits per heavy atom. The number of nitrogens with one attached hydrogen (secondary N) is 2. The third kappa shape index (κ3) is 2.72. The van der Waals surface area contributed by atoms with Gasteiger partial charge in [0.1, 0.15) is 0 Å². The summed E-state index contributed by atoms with van der Waals surface area (Å²) in [5, 5.41) is 11.0. The van der Waals surface area contributed by atoms with Crippen LogP contribution in [0.3, 0.4) is 0 Å². The standard InChI is InChI=1S/C15H10N2O6S/c18-13-11-5-4-9(7-12(11)14(19)16-13)17-24(22,23)10-3-1-2-8(6-10)15(20)21/h1-7,17H,(H,20,21)(H,16,18,19). The highest BCUT2D eigenvalue weighted by atomic mass is 32.2. The number of sulfonamides is 1. The molecule has 1 aliphatic rings. The number of anilines is 1. The van der Waals surface area contributed by atoms with Gasteiger partial charge in [-0.05, 0) is 36.4 Å². The van der Waals surface area contributed by atoms with Crippen molar-refractivity contribution in [3.63, 3.8) is 0 Å². The van der Waals surface area contributed by atoms with Crippen LogP contribution in [-0.4, -0.2) is 31.3 Å². The fraction of sp³-hybridized carbons (Fsp3) is 0. The number of amides is 2. The molecule has 24 heavy (non-hydrogen) atoms. The lowest BCUT2D eigenvalue weighted by Crippen LogP contribution is -2.19. The first kappa shape index (κ1) is 15.7. The van der Waals surface area contributed by atoms with Gasteiger partial charge in [-0.15, -0.1) is 0 Å². The van der Waals surface area contributed by atoms with Crippen molar-refractivity contribution in [3.8, 4) is 0 Å². The van der Waals surface area contributed by atoms with Crippen molar-refractivity contribution in [2.24, 2.45) is 0 Å². The summed E-state index contributed by atoms with van der Waals surface area (Å²) in [5.41, 5.74) is 0.145. The lowest BCUT2D eigenvalue weighted by molar-refractivity contribution is 0.0695. The van der Waals surface area contributed by atoms with Crippen molar-refractivity contribution in [3.05, 3.63) is 59.2 Å². The van der Waals surface area contributed by atoms with Gasteiger partial charge in [-0.2, -0.15) is 0 Å². The van der Waals surface area contributed by atoms with E-state index in [1.807, 2.05) is 0 Å². The number of carboxylic acids is 1. The van der Waals surface area contributed by atoms with E-state index in [2.05, 4.69) is 10.0 Å². The third-order valence-corrected chi connectivity index (χ3v) is 4.76. The third-order valence-electron chi connectivity index (χ3n) is 3.38. The molecular weight excluding hydrogens is 336 g/mol. The van der Waals surface area contributed by atoms with Crippen molar-refractivity contribution < 1.29 is 27.9 Å². The number of aromatic carboxylic acids is 1. The molecule has 122 valence electrons. The zero-order valence-corrected chi connectivity index (χ0v) is 12.8. The van der Waals surface area contributed by atoms with Crippen molar-refractivity contribution >= 4 is 33.5 Å². The van der Waals surface area contributed by atoms with Gasteiger partial charge in [0.2, 0.25) is 0 Å². The Balaban J connectivity index is 1.95. The summed E-state index contributed by atoms with van der Waals surface area (Å²) in [6.45, 7) is 0. The average molecular weight is 346 g/mol. The molecule has 3 rings (SSSR count). The number of hydrogen-bond donors (Lipinski definition) is 3. The summed E-state index contributed by atoms with van der Waals surface area (Å²) in [5.74, 6) is -2.40. The summed E-state index contributed by atoms with van der Waals surface area (Å²) in [6.07, 6.45) is 0. The van der Waals surface area contributed by atoms with Gasteiger partial charge < -0.3 is 5.11 Å². The quantitative estimate of drug-likeness (QED) is 0.710. The van der Waals surface area contributed by atoms with Gasteiger partial charge in [0.05, 0.1) is 21.6 Å². The van der Waals surface area contributed by atoms with Crippen LogP contribution in [-0.2, 0) is 10.0 Å². The van der Waals surface area contributed by atoms with Gasteiger partial charge in [-0.1, -0.05) is 6.07 Å². The van der Waals surface area contributed by atoms with Gasteiger partial charge in [0.25, 0.3) is 21.8 Å². The van der Waals surface area contributed by atoms with E-state index in [0.717, 1.165) is 6.07 Å². The van der Waals surface area contributed by atoms with Crippen molar-refractivity contribution in [1.82, 2.24) is 5.32 Å². The second-order valence-electron chi connectivity index (χ2n) is 4.98. The number of carbonyl (C=O) groups excluding carboxylic acids is 2. The molecule has 1 aliphatic heterocycles. The average Bonchev–Trinajstić information content (AvgIpc) is 2.81. The maximum atomic E-state index is 12.4. The summed E-state index contributed by atoms with van der Waals surface area (Å²) >= 11 is 0. The molecule has 0 spiro atoms. The molecular formula is C15H10N2O6S. The second-order valence-corrected chi connectivity index (χ2v) is 6.66. The van der Waals surface area contributed by atoms with E-state index in [4.69, 9.17) is 5.11 Å². The Hall–Kier alpha value is -3.20. The van der Waals surface area contributed by atoms with Gasteiger partial charge >= 0.3 is 5.97 Å². The molecule has 3 N–H and O–H groups in total. The maximum absolute atomic E-state index is 12.4. The number of carboxylic acid groups (broad SMARTS) is 1. The number of hydrogen-bond acceptors (Lipinski definition) is 5. The van der Waals surface area contributed by atoms with Crippen LogP contribution < -0.4 is 10.0 Å². The monoisotopic (exact) mass is 346 g/mol. The lowest BCUT2D eigenvalue weighted by Gasteiger charge is -2.09. The van der Waals surface area contributed by atoms with Crippen LogP contribution >= 0.6 is 0 Å². The van der Waals surface area contributed by atoms with Crippen molar-refractivity contribution in [1.29, 1.82) is 0 Å². The van der Waals surface area contributed by atoms with Gasteiger partial charge in [-0.25, -0.2) is 13.2 Å². The normalized spacial score (nSPS) is 13.3. The van der Waals surface area contributed by atoms with Gasteiger partial charge in [0.15, 0.2) is 0 Å². The van der Waals surface area contributed by atoms with E-state index in [1.165, 1.54) is 36.4 Å². The second kappa shape index (κ2) is 5.46. The molecule has 2 aromatic rings. The maximum Gasteiger partial charge on any atom is 0.335 e. The number of imide groups is 1. The molecule has 8 nitrogen and oxygen atoms in total. The molecule has 0 saturated heterocycles. The number of carbonyl (C=O) groups is 3. The van der Waals surface area contributed by atoms with E-state index in [9.17, 15) is 22.8 Å². The van der Waals surface area contributed by atoms with Crippen LogP contribution in [0.2, 0.25) is 0 Å². The van der Waals surface area contributed by atoms with E-state index in [-0.39, 0.29) is 27.3 Å². The highest BCUT2D eigenvalue weighted by Gasteiger charge is 2.27. The van der Waals surface area contributed by atoms with Crippen molar-refractivity contribution in [2.45, 2.75) is 4.90 Å². The molecule has 0 aromatic heterocycles. The number of rotatable bonds is 4. The highest BCUT2D eigenvalue weighted by Crippen LogP contribution is 2.23. The van der Waals surface area contributed by atoms with E-state index in [1.54, 1.807) is 0 Å². The van der Waals surface area contributed by atoms with Crippen LogP contribution in [0.25, 0.3) is 0 Å². The minimum absolute atomic E-state index is 0.0690. The zero-order valence-electron chi connectivity index (χ0n) is 11.9. The predicted molar refractivity (Wildman–Crippen MR) is 82.4 cm³/mol. The van der Waals surface area contributed by atoms with Crippen molar-refractivity contribution in [2.75, 3.05) is 4.72 Å². The topological polar surface area (TPSA) is 130 Å². The largest absolute Gasteiger partial charge is 0.478 e. The fourth-order valence-electron chi connectivity index (χ4n) is 2.24. The van der Waals surface area contributed by atoms with E-state index in [0.29, 0.717) is 0 Å². The molecule has 0 fully saturated rings. The highest BCUT2D eigenvalue weighted by molar-refractivity contribution is 7.92. The Morgan fingerprint density at radius 3 is 2.42 bits per heavy atom. The van der Waals surface area contributed by atoms with Gasteiger partial charge in [0, 0.05) is 5.69 Å². The summed E-state index contributed by atoms with van der Waals surface area (Å²) < 4.78 is 27.0. The molecule has 0 atom stereocenters. The van der Waals surface area contributed by atoms with Crippen LogP contribution in [0.5, 0.6) is 0 Å². The van der Waals surface area contributed by atoms with Gasteiger partial charge in [-0.3, -0.25) is 19.6 Å². The molecule has 0 bridgehead atoms. The summed E-state index contributed by atoms with van der Waals surface area (Å²) in [6, 6.07) is 8.77.